The van der Waals surface area contributed by atoms with Crippen LogP contribution in [0, 0.1) is 0 Å². The molecule has 0 aliphatic rings. The number of hydrogen-bond donors (Lipinski definition) is 2. The number of anilines is 2. The molecule has 0 spiro atoms. The molecule has 0 bridgehead atoms. The van der Waals surface area contributed by atoms with Crippen LogP contribution in [0.2, 0.25) is 0 Å². The Morgan fingerprint density at radius 2 is 2.10 bits per heavy atom. The Labute approximate surface area is 124 Å². The van der Waals surface area contributed by atoms with Gasteiger partial charge in [0.25, 0.3) is 0 Å². The van der Waals surface area contributed by atoms with Gasteiger partial charge in [-0.15, -0.1) is 0 Å². The molecule has 6 heteroatoms. The normalized spacial score (nSPS) is 10.5. The largest absolute Gasteiger partial charge is 0.495 e. The molecule has 2 rings (SSSR count). The van der Waals surface area contributed by atoms with Crippen LogP contribution < -0.4 is 20.5 Å². The molecule has 2 aromatic rings. The van der Waals surface area contributed by atoms with Gasteiger partial charge in [0.05, 0.1) is 31.3 Å². The van der Waals surface area contributed by atoms with Gasteiger partial charge in [-0.2, -0.15) is 4.98 Å². The SMILES string of the molecule is COc1ccc(CNc2cncc(OC(C)C)n2)cc1N. The second-order valence-electron chi connectivity index (χ2n) is 4.84. The average molecular weight is 288 g/mol. The molecule has 0 atom stereocenters. The lowest BCUT2D eigenvalue weighted by atomic mass is 10.2. The van der Waals surface area contributed by atoms with Crippen molar-refractivity contribution in [3.05, 3.63) is 36.2 Å². The molecule has 21 heavy (non-hydrogen) atoms. The molecule has 0 saturated carbocycles. The van der Waals surface area contributed by atoms with Gasteiger partial charge >= 0.3 is 0 Å². The van der Waals surface area contributed by atoms with Crippen molar-refractivity contribution in [2.75, 3.05) is 18.2 Å². The summed E-state index contributed by atoms with van der Waals surface area (Å²) < 4.78 is 10.6. The van der Waals surface area contributed by atoms with Crippen molar-refractivity contribution < 1.29 is 9.47 Å². The highest BCUT2D eigenvalue weighted by Gasteiger charge is 2.04. The topological polar surface area (TPSA) is 82.3 Å². The number of rotatable bonds is 6. The third kappa shape index (κ3) is 4.24. The van der Waals surface area contributed by atoms with Crippen LogP contribution in [0.3, 0.4) is 0 Å². The summed E-state index contributed by atoms with van der Waals surface area (Å²) in [7, 11) is 1.60. The molecular formula is C15H20N4O2. The molecule has 112 valence electrons. The quantitative estimate of drug-likeness (QED) is 0.795. The Morgan fingerprint density at radius 3 is 2.76 bits per heavy atom. The first-order valence-corrected chi connectivity index (χ1v) is 6.73. The first kappa shape index (κ1) is 14.9. The predicted octanol–water partition coefficient (Wildman–Crippen LogP) is 2.47. The molecule has 0 saturated heterocycles. The molecule has 0 fully saturated rings. The third-order valence-electron chi connectivity index (χ3n) is 2.74. The number of nitrogens with two attached hydrogens (primary N) is 1. The summed E-state index contributed by atoms with van der Waals surface area (Å²) in [5.41, 5.74) is 7.52. The number of aromatic nitrogens is 2. The third-order valence-corrected chi connectivity index (χ3v) is 2.74. The zero-order chi connectivity index (χ0) is 15.2. The molecule has 1 aromatic carbocycles. The molecule has 0 unspecified atom stereocenters. The van der Waals surface area contributed by atoms with Crippen molar-refractivity contribution in [3.63, 3.8) is 0 Å². The van der Waals surface area contributed by atoms with Crippen molar-refractivity contribution in [3.8, 4) is 11.6 Å². The Hall–Kier alpha value is -2.50. The van der Waals surface area contributed by atoms with Gasteiger partial charge in [-0.3, -0.25) is 4.98 Å². The van der Waals surface area contributed by atoms with Gasteiger partial charge in [-0.25, -0.2) is 0 Å². The maximum atomic E-state index is 5.88. The van der Waals surface area contributed by atoms with E-state index in [1.54, 1.807) is 19.5 Å². The van der Waals surface area contributed by atoms with Gasteiger partial charge in [-0.05, 0) is 31.5 Å². The molecule has 0 radical (unpaired) electrons. The van der Waals surface area contributed by atoms with E-state index in [1.807, 2.05) is 32.0 Å². The van der Waals surface area contributed by atoms with Crippen molar-refractivity contribution in [1.29, 1.82) is 0 Å². The molecule has 3 N–H and O–H groups in total. The summed E-state index contributed by atoms with van der Waals surface area (Å²) >= 11 is 0. The Morgan fingerprint density at radius 1 is 1.29 bits per heavy atom. The van der Waals surface area contributed by atoms with Crippen LogP contribution in [0.25, 0.3) is 0 Å². The van der Waals surface area contributed by atoms with E-state index in [2.05, 4.69) is 15.3 Å². The highest BCUT2D eigenvalue weighted by Crippen LogP contribution is 2.22. The Kier molecular flexibility index (Phi) is 4.81. The highest BCUT2D eigenvalue weighted by atomic mass is 16.5. The van der Waals surface area contributed by atoms with E-state index in [0.29, 0.717) is 29.7 Å². The summed E-state index contributed by atoms with van der Waals surface area (Å²) in [4.78, 5) is 8.43. The number of nitrogens with one attached hydrogen (secondary N) is 1. The van der Waals surface area contributed by atoms with Gasteiger partial charge in [0.2, 0.25) is 5.88 Å². The fourth-order valence-corrected chi connectivity index (χ4v) is 1.82. The monoisotopic (exact) mass is 288 g/mol. The summed E-state index contributed by atoms with van der Waals surface area (Å²) in [6, 6.07) is 5.66. The summed E-state index contributed by atoms with van der Waals surface area (Å²) in [6.07, 6.45) is 3.31. The first-order chi connectivity index (χ1) is 10.1. The van der Waals surface area contributed by atoms with Crippen molar-refractivity contribution in [2.45, 2.75) is 26.5 Å². The van der Waals surface area contributed by atoms with E-state index in [4.69, 9.17) is 15.2 Å². The van der Waals surface area contributed by atoms with Gasteiger partial charge in [0.1, 0.15) is 11.6 Å². The summed E-state index contributed by atoms with van der Waals surface area (Å²) in [5.74, 6) is 1.83. The molecule has 1 heterocycles. The van der Waals surface area contributed by atoms with Crippen LogP contribution in [0.5, 0.6) is 11.6 Å². The number of methoxy groups -OCH3 is 1. The van der Waals surface area contributed by atoms with Crippen molar-refractivity contribution in [1.82, 2.24) is 9.97 Å². The molecular weight excluding hydrogens is 268 g/mol. The standard InChI is InChI=1S/C15H20N4O2/c1-10(2)21-15-9-17-8-14(19-15)18-7-11-4-5-13(20-3)12(16)6-11/h4-6,8-10H,7,16H2,1-3H3,(H,18,19). The second-order valence-corrected chi connectivity index (χ2v) is 4.84. The molecule has 6 nitrogen and oxygen atoms in total. The fraction of sp³-hybridized carbons (Fsp3) is 0.333. The summed E-state index contributed by atoms with van der Waals surface area (Å²) in [5, 5.41) is 3.19. The number of nitrogens with zero attached hydrogens (tertiary/aromatic N) is 2. The minimum atomic E-state index is 0.0657. The van der Waals surface area contributed by atoms with Crippen molar-refractivity contribution >= 4 is 11.5 Å². The molecule has 0 aliphatic carbocycles. The van der Waals surface area contributed by atoms with E-state index >= 15 is 0 Å². The minimum absolute atomic E-state index is 0.0657. The zero-order valence-corrected chi connectivity index (χ0v) is 12.5. The van der Waals surface area contributed by atoms with E-state index in [9.17, 15) is 0 Å². The lowest BCUT2D eigenvalue weighted by Gasteiger charge is -2.11. The van der Waals surface area contributed by atoms with E-state index < -0.39 is 0 Å². The van der Waals surface area contributed by atoms with Crippen LogP contribution in [0.1, 0.15) is 19.4 Å². The van der Waals surface area contributed by atoms with Crippen LogP contribution in [-0.4, -0.2) is 23.2 Å². The van der Waals surface area contributed by atoms with Crippen LogP contribution in [0.15, 0.2) is 30.6 Å². The lowest BCUT2D eigenvalue weighted by Crippen LogP contribution is -2.09. The maximum absolute atomic E-state index is 5.88. The average Bonchev–Trinajstić information content (AvgIpc) is 2.45. The van der Waals surface area contributed by atoms with E-state index in [-0.39, 0.29) is 6.10 Å². The van der Waals surface area contributed by atoms with Crippen molar-refractivity contribution in [2.24, 2.45) is 0 Å². The minimum Gasteiger partial charge on any atom is -0.495 e. The van der Waals surface area contributed by atoms with Gasteiger partial charge < -0.3 is 20.5 Å². The van der Waals surface area contributed by atoms with Crippen LogP contribution >= 0.6 is 0 Å². The second kappa shape index (κ2) is 6.78. The first-order valence-electron chi connectivity index (χ1n) is 6.73. The van der Waals surface area contributed by atoms with Crippen LogP contribution in [-0.2, 0) is 6.54 Å². The van der Waals surface area contributed by atoms with E-state index in [1.165, 1.54) is 0 Å². The fourth-order valence-electron chi connectivity index (χ4n) is 1.82. The molecule has 0 amide bonds. The Bertz CT molecular complexity index is 602. The Balaban J connectivity index is 2.01. The lowest BCUT2D eigenvalue weighted by molar-refractivity contribution is 0.232. The smallest absolute Gasteiger partial charge is 0.234 e. The predicted molar refractivity (Wildman–Crippen MR) is 82.5 cm³/mol. The van der Waals surface area contributed by atoms with E-state index in [0.717, 1.165) is 5.56 Å². The van der Waals surface area contributed by atoms with Gasteiger partial charge in [0.15, 0.2) is 0 Å². The highest BCUT2D eigenvalue weighted by molar-refractivity contribution is 5.54. The molecule has 1 aromatic heterocycles. The maximum Gasteiger partial charge on any atom is 0.234 e. The zero-order valence-electron chi connectivity index (χ0n) is 12.5. The van der Waals surface area contributed by atoms with Crippen LogP contribution in [0.4, 0.5) is 11.5 Å². The number of hydrogen-bond acceptors (Lipinski definition) is 6. The van der Waals surface area contributed by atoms with Gasteiger partial charge in [0, 0.05) is 6.54 Å². The summed E-state index contributed by atoms with van der Waals surface area (Å²) in [6.45, 7) is 4.48. The number of nitrogen functional groups attached to an aromatic ring is 1. The molecule has 0 aliphatic heterocycles. The number of benzene rings is 1. The van der Waals surface area contributed by atoms with Gasteiger partial charge in [-0.1, -0.05) is 6.07 Å². The number of ether oxygens (including phenoxy) is 2.